The predicted octanol–water partition coefficient (Wildman–Crippen LogP) is 1.60. The number of Topliss-reactive ketones (excluding diaryl/α,β-unsaturated/α-hetero) is 1. The fourth-order valence-electron chi connectivity index (χ4n) is 1.79. The molecule has 0 saturated heterocycles. The molecule has 0 heterocycles. The third kappa shape index (κ3) is 2.72. The van der Waals surface area contributed by atoms with E-state index in [1.54, 1.807) is 0 Å². The zero-order chi connectivity index (χ0) is 15.3. The van der Waals surface area contributed by atoms with Crippen LogP contribution in [-0.2, 0) is 4.74 Å². The number of carbonyl (C=O) groups is 1. The van der Waals surface area contributed by atoms with Gasteiger partial charge in [-0.2, -0.15) is 0 Å². The number of phenols is 1. The van der Waals surface area contributed by atoms with E-state index in [1.807, 2.05) is 0 Å². The van der Waals surface area contributed by atoms with Crippen molar-refractivity contribution in [1.29, 1.82) is 0 Å². The number of ether oxygens (including phenoxy) is 5. The van der Waals surface area contributed by atoms with E-state index in [-0.39, 0.29) is 41.1 Å². The lowest BCUT2D eigenvalue weighted by atomic mass is 10.1. The van der Waals surface area contributed by atoms with Crippen LogP contribution < -0.4 is 18.9 Å². The standard InChI is InChI=1S/C13H18O7/c1-7(14)8-9(15)11(18-4)13(20-6-16-2)12(19-5)10(8)17-3/h15H,6H2,1-5H3. The first-order valence-electron chi connectivity index (χ1n) is 5.70. The molecule has 0 bridgehead atoms. The van der Waals surface area contributed by atoms with Crippen molar-refractivity contribution in [2.24, 2.45) is 0 Å². The van der Waals surface area contributed by atoms with Gasteiger partial charge in [0, 0.05) is 7.11 Å². The van der Waals surface area contributed by atoms with E-state index in [2.05, 4.69) is 0 Å². The number of aromatic hydroxyl groups is 1. The second kappa shape index (κ2) is 6.85. The lowest BCUT2D eigenvalue weighted by molar-refractivity contribution is 0.0465. The minimum Gasteiger partial charge on any atom is -0.504 e. The third-order valence-corrected chi connectivity index (χ3v) is 2.58. The van der Waals surface area contributed by atoms with E-state index in [1.165, 1.54) is 35.4 Å². The van der Waals surface area contributed by atoms with Crippen molar-refractivity contribution in [1.82, 2.24) is 0 Å². The van der Waals surface area contributed by atoms with Gasteiger partial charge in [0.2, 0.25) is 17.2 Å². The number of hydrogen-bond donors (Lipinski definition) is 1. The molecule has 0 spiro atoms. The highest BCUT2D eigenvalue weighted by Crippen LogP contribution is 2.53. The molecule has 0 unspecified atom stereocenters. The van der Waals surface area contributed by atoms with Crippen molar-refractivity contribution in [3.63, 3.8) is 0 Å². The van der Waals surface area contributed by atoms with Crippen LogP contribution in [0.1, 0.15) is 17.3 Å². The molecule has 112 valence electrons. The summed E-state index contributed by atoms with van der Waals surface area (Å²) < 4.78 is 25.6. The first kappa shape index (κ1) is 15.9. The van der Waals surface area contributed by atoms with Crippen LogP contribution in [0.5, 0.6) is 28.7 Å². The molecule has 0 aliphatic rings. The highest BCUT2D eigenvalue weighted by atomic mass is 16.7. The van der Waals surface area contributed by atoms with Crippen molar-refractivity contribution >= 4 is 5.78 Å². The minimum absolute atomic E-state index is 0.0232. The number of hydrogen-bond acceptors (Lipinski definition) is 7. The van der Waals surface area contributed by atoms with E-state index in [0.717, 1.165) is 0 Å². The lowest BCUT2D eigenvalue weighted by Gasteiger charge is -2.20. The molecule has 20 heavy (non-hydrogen) atoms. The molecule has 0 aromatic heterocycles. The summed E-state index contributed by atoms with van der Waals surface area (Å²) in [5.74, 6) is -0.479. The Bertz CT molecular complexity index is 496. The van der Waals surface area contributed by atoms with Gasteiger partial charge in [-0.15, -0.1) is 0 Å². The van der Waals surface area contributed by atoms with Crippen molar-refractivity contribution < 1.29 is 33.6 Å². The predicted molar refractivity (Wildman–Crippen MR) is 70.3 cm³/mol. The molecule has 1 rings (SSSR count). The maximum absolute atomic E-state index is 11.7. The lowest BCUT2D eigenvalue weighted by Crippen LogP contribution is -2.07. The Morgan fingerprint density at radius 3 is 1.90 bits per heavy atom. The molecule has 0 aliphatic heterocycles. The second-order valence-corrected chi connectivity index (χ2v) is 3.76. The Labute approximate surface area is 117 Å². The van der Waals surface area contributed by atoms with Gasteiger partial charge in [0.15, 0.2) is 24.1 Å². The Morgan fingerprint density at radius 2 is 1.50 bits per heavy atom. The summed E-state index contributed by atoms with van der Waals surface area (Å²) in [4.78, 5) is 11.7. The van der Waals surface area contributed by atoms with Gasteiger partial charge >= 0.3 is 0 Å². The summed E-state index contributed by atoms with van der Waals surface area (Å²) in [5, 5.41) is 10.2. The molecule has 1 aromatic carbocycles. The van der Waals surface area contributed by atoms with Crippen molar-refractivity contribution in [3.05, 3.63) is 5.56 Å². The molecule has 7 heteroatoms. The third-order valence-electron chi connectivity index (χ3n) is 2.58. The van der Waals surface area contributed by atoms with Crippen LogP contribution >= 0.6 is 0 Å². The highest BCUT2D eigenvalue weighted by molar-refractivity contribution is 6.02. The van der Waals surface area contributed by atoms with Gasteiger partial charge in [0.1, 0.15) is 5.56 Å². The fraction of sp³-hybridized carbons (Fsp3) is 0.462. The van der Waals surface area contributed by atoms with Gasteiger partial charge < -0.3 is 28.8 Å². The second-order valence-electron chi connectivity index (χ2n) is 3.76. The first-order chi connectivity index (χ1) is 9.53. The maximum Gasteiger partial charge on any atom is 0.214 e. The van der Waals surface area contributed by atoms with E-state index in [4.69, 9.17) is 23.7 Å². The number of ketones is 1. The van der Waals surface area contributed by atoms with E-state index in [9.17, 15) is 9.90 Å². The van der Waals surface area contributed by atoms with Crippen LogP contribution in [0, 0.1) is 0 Å². The quantitative estimate of drug-likeness (QED) is 0.602. The van der Waals surface area contributed by atoms with Crippen LogP contribution in [0.25, 0.3) is 0 Å². The molecule has 0 saturated carbocycles. The van der Waals surface area contributed by atoms with Crippen LogP contribution in [-0.4, -0.2) is 46.1 Å². The number of methoxy groups -OCH3 is 4. The fourth-order valence-corrected chi connectivity index (χ4v) is 1.79. The summed E-state index contributed by atoms with van der Waals surface area (Å²) in [6.07, 6.45) is 0. The first-order valence-corrected chi connectivity index (χ1v) is 5.70. The number of carbonyl (C=O) groups excluding carboxylic acids is 1. The number of benzene rings is 1. The molecule has 0 aliphatic carbocycles. The summed E-state index contributed by atoms with van der Waals surface area (Å²) >= 11 is 0. The number of phenolic OH excluding ortho intramolecular Hbond substituents is 1. The van der Waals surface area contributed by atoms with Gasteiger partial charge in [-0.25, -0.2) is 0 Å². The smallest absolute Gasteiger partial charge is 0.214 e. The largest absolute Gasteiger partial charge is 0.504 e. The monoisotopic (exact) mass is 286 g/mol. The van der Waals surface area contributed by atoms with Crippen LogP contribution in [0.2, 0.25) is 0 Å². The normalized spacial score (nSPS) is 10.1. The molecule has 0 amide bonds. The zero-order valence-electron chi connectivity index (χ0n) is 12.1. The highest BCUT2D eigenvalue weighted by Gasteiger charge is 2.29. The van der Waals surface area contributed by atoms with Crippen molar-refractivity contribution in [3.8, 4) is 28.7 Å². The van der Waals surface area contributed by atoms with E-state index in [0.29, 0.717) is 0 Å². The van der Waals surface area contributed by atoms with Gasteiger partial charge in [-0.05, 0) is 6.92 Å². The van der Waals surface area contributed by atoms with Gasteiger partial charge in [0.25, 0.3) is 0 Å². The van der Waals surface area contributed by atoms with E-state index < -0.39 is 5.78 Å². The summed E-state index contributed by atoms with van der Waals surface area (Å²) in [7, 11) is 5.53. The Morgan fingerprint density at radius 1 is 0.950 bits per heavy atom. The van der Waals surface area contributed by atoms with Gasteiger partial charge in [-0.1, -0.05) is 0 Å². The van der Waals surface area contributed by atoms with Gasteiger partial charge in [-0.3, -0.25) is 4.79 Å². The Kier molecular flexibility index (Phi) is 5.45. The van der Waals surface area contributed by atoms with Crippen molar-refractivity contribution in [2.45, 2.75) is 6.92 Å². The molecule has 1 N–H and O–H groups in total. The molecular weight excluding hydrogens is 268 g/mol. The molecule has 0 fully saturated rings. The molecule has 0 atom stereocenters. The van der Waals surface area contributed by atoms with Crippen LogP contribution in [0.4, 0.5) is 0 Å². The van der Waals surface area contributed by atoms with Crippen LogP contribution in [0.15, 0.2) is 0 Å². The molecule has 7 nitrogen and oxygen atoms in total. The number of rotatable bonds is 7. The van der Waals surface area contributed by atoms with E-state index >= 15 is 0 Å². The summed E-state index contributed by atoms with van der Waals surface area (Å²) in [6, 6.07) is 0. The Hall–Kier alpha value is -2.15. The minimum atomic E-state index is -0.394. The van der Waals surface area contributed by atoms with Gasteiger partial charge in [0.05, 0.1) is 21.3 Å². The topological polar surface area (TPSA) is 83.5 Å². The zero-order valence-corrected chi connectivity index (χ0v) is 12.1. The summed E-state index contributed by atoms with van der Waals surface area (Å²) in [5.41, 5.74) is -0.0361. The maximum atomic E-state index is 11.7. The molecule has 0 radical (unpaired) electrons. The SMILES string of the molecule is COCOc1c(OC)c(O)c(C(C)=O)c(OC)c1OC. The average Bonchev–Trinajstić information content (AvgIpc) is 2.43. The summed E-state index contributed by atoms with van der Waals surface area (Å²) in [6.45, 7) is 1.21. The van der Waals surface area contributed by atoms with Crippen LogP contribution in [0.3, 0.4) is 0 Å². The average molecular weight is 286 g/mol. The molecular formula is C13H18O7. The van der Waals surface area contributed by atoms with Crippen molar-refractivity contribution in [2.75, 3.05) is 35.2 Å². The Balaban J connectivity index is 3.65. The molecule has 1 aromatic rings.